The maximum Gasteiger partial charge on any atom is 0.250 e. The van der Waals surface area contributed by atoms with E-state index in [0.717, 1.165) is 0 Å². The summed E-state index contributed by atoms with van der Waals surface area (Å²) >= 11 is 0. The maximum atomic E-state index is 10.0. The molecule has 0 spiro atoms. The smallest absolute Gasteiger partial charge is 0.250 e. The third-order valence-electron chi connectivity index (χ3n) is 2.53. The molecule has 0 atom stereocenters. The van der Waals surface area contributed by atoms with Crippen molar-refractivity contribution in [3.05, 3.63) is 48.6 Å². The molecule has 4 aliphatic rings. The Morgan fingerprint density at radius 2 is 0.393 bits per heavy atom. The van der Waals surface area contributed by atoms with E-state index in [0.29, 0.717) is 0 Å². The van der Waals surface area contributed by atoms with Gasteiger partial charge in [-0.1, -0.05) is 0 Å². The normalized spacial score (nSPS) is 17.7. The van der Waals surface area contributed by atoms with Crippen LogP contribution in [0.1, 0.15) is 0 Å². The summed E-state index contributed by atoms with van der Waals surface area (Å²) < 4.78 is 0. The molecular weight excluding hydrogens is 376 g/mol. The van der Waals surface area contributed by atoms with Gasteiger partial charge in [0.05, 0.1) is 0 Å². The van der Waals surface area contributed by atoms with E-state index in [-0.39, 0.29) is 47.3 Å². The van der Waals surface area contributed by atoms with Crippen molar-refractivity contribution < 1.29 is 38.4 Å². The highest BCUT2D eigenvalue weighted by molar-refractivity contribution is 6.14. The minimum Gasteiger partial charge on any atom is -0.289 e. The predicted molar refractivity (Wildman–Crippen MR) is 89.2 cm³/mol. The molecule has 0 aromatic rings. The first kappa shape index (κ1) is 21.6. The highest BCUT2D eigenvalue weighted by Crippen LogP contribution is 1.84. The first-order valence-corrected chi connectivity index (χ1v) is 7.28. The van der Waals surface area contributed by atoms with Gasteiger partial charge in [-0.15, -0.1) is 0 Å². The van der Waals surface area contributed by atoms with Crippen molar-refractivity contribution in [3.8, 4) is 0 Å². The number of carbonyl (C=O) groups excluding carboxylic acids is 8. The zero-order valence-electron chi connectivity index (χ0n) is 13.9. The molecule has 0 bridgehead atoms. The van der Waals surface area contributed by atoms with Crippen LogP contribution in [0.5, 0.6) is 0 Å². The third kappa shape index (κ3) is 9.12. The van der Waals surface area contributed by atoms with Crippen molar-refractivity contribution in [3.63, 3.8) is 0 Å². The summed E-state index contributed by atoms with van der Waals surface area (Å²) in [5.74, 6) is -2.63. The third-order valence-corrected chi connectivity index (χ3v) is 2.53. The number of hydrogen-bond acceptors (Lipinski definition) is 8. The van der Waals surface area contributed by atoms with Crippen LogP contribution in [-0.4, -0.2) is 47.3 Å². The molecule has 0 fully saturated rings. The Labute approximate surface area is 156 Å². The second kappa shape index (κ2) is 10.5. The maximum absolute atomic E-state index is 10.0. The second-order valence-corrected chi connectivity index (χ2v) is 4.75. The summed E-state index contributed by atoms with van der Waals surface area (Å²) in [6, 6.07) is 0. The fourth-order valence-corrected chi connectivity index (χ4v) is 1.42. The zero-order chi connectivity index (χ0) is 21.1. The lowest BCUT2D eigenvalue weighted by Gasteiger charge is -1.80. The fourth-order valence-electron chi connectivity index (χ4n) is 1.42. The van der Waals surface area contributed by atoms with Gasteiger partial charge in [-0.25, -0.2) is 0 Å². The molecule has 0 aromatic heterocycles. The average molecular weight is 388 g/mol. The van der Waals surface area contributed by atoms with E-state index < -0.39 is 0 Å². The van der Waals surface area contributed by atoms with Crippen LogP contribution in [0.2, 0.25) is 0 Å². The van der Waals surface area contributed by atoms with E-state index in [1.165, 1.54) is 48.6 Å². The lowest BCUT2D eigenvalue weighted by atomic mass is 10.6. The van der Waals surface area contributed by atoms with Crippen LogP contribution >= 0.6 is 0 Å². The number of nitrogens with one attached hydrogen (secondary N) is 4. The molecule has 28 heavy (non-hydrogen) atoms. The van der Waals surface area contributed by atoms with Crippen LogP contribution in [0.15, 0.2) is 48.6 Å². The molecule has 0 radical (unpaired) electrons. The van der Waals surface area contributed by atoms with Gasteiger partial charge in [-0.05, 0) is 0 Å². The molecule has 4 aliphatic heterocycles. The lowest BCUT2D eigenvalue weighted by Crippen LogP contribution is -2.19. The zero-order valence-corrected chi connectivity index (χ0v) is 13.9. The Morgan fingerprint density at radius 3 is 0.429 bits per heavy atom. The monoisotopic (exact) mass is 388 g/mol. The molecule has 0 aromatic carbocycles. The highest BCUT2D eigenvalue weighted by Gasteiger charge is 2.08. The Kier molecular flexibility index (Phi) is 8.08. The summed E-state index contributed by atoms with van der Waals surface area (Å²) in [7, 11) is 0. The summed E-state index contributed by atoms with van der Waals surface area (Å²) in [4.78, 5) is 80.3. The molecule has 0 saturated heterocycles. The van der Waals surface area contributed by atoms with Crippen LogP contribution in [0, 0.1) is 0 Å². The molecule has 4 heterocycles. The molecule has 0 saturated carbocycles. The summed E-state index contributed by atoms with van der Waals surface area (Å²) in [5.41, 5.74) is 0. The lowest BCUT2D eigenvalue weighted by molar-refractivity contribution is -0.125. The summed E-state index contributed by atoms with van der Waals surface area (Å²) in [6.07, 6.45) is 9.57. The summed E-state index contributed by atoms with van der Waals surface area (Å²) in [5, 5.41) is 8.11. The predicted octanol–water partition coefficient (Wildman–Crippen LogP) is -3.20. The van der Waals surface area contributed by atoms with E-state index >= 15 is 0 Å². The molecular formula is C16H12N4O8. The number of imide groups is 4. The van der Waals surface area contributed by atoms with Crippen LogP contribution < -0.4 is 21.3 Å². The topological polar surface area (TPSA) is 185 Å². The Morgan fingerprint density at radius 1 is 0.286 bits per heavy atom. The van der Waals surface area contributed by atoms with Gasteiger partial charge >= 0.3 is 0 Å². The van der Waals surface area contributed by atoms with E-state index in [9.17, 15) is 38.4 Å². The fraction of sp³-hybridized carbons (Fsp3) is 0. The first-order chi connectivity index (χ1) is 13.2. The molecule has 8 amide bonds. The van der Waals surface area contributed by atoms with Crippen LogP contribution in [0.4, 0.5) is 0 Å². The SMILES string of the molecule is O=C1C=CC(=O)N1.O=C1C=CC(=O)N1.O=C1C=CC(=O)N1.O=C1C=CC(=O)N1. The Balaban J connectivity index is 0.000000187. The van der Waals surface area contributed by atoms with Gasteiger partial charge in [0.2, 0.25) is 0 Å². The van der Waals surface area contributed by atoms with Crippen molar-refractivity contribution >= 4 is 47.3 Å². The minimum atomic E-state index is -0.329. The molecule has 0 unspecified atom stereocenters. The van der Waals surface area contributed by atoms with E-state index in [2.05, 4.69) is 0 Å². The van der Waals surface area contributed by atoms with Crippen LogP contribution in [0.25, 0.3) is 0 Å². The van der Waals surface area contributed by atoms with Gasteiger partial charge in [-0.3, -0.25) is 59.6 Å². The molecule has 4 rings (SSSR count). The standard InChI is InChI=1S/4C4H3NO2/c4*6-3-1-2-4(7)5-3/h4*1-2H,(H,5,6,7). The Bertz CT molecular complexity index is 671. The number of hydrogen-bond donors (Lipinski definition) is 4. The van der Waals surface area contributed by atoms with Gasteiger partial charge in [-0.2, -0.15) is 0 Å². The average Bonchev–Trinajstić information content (AvgIpc) is 3.37. The number of rotatable bonds is 0. The van der Waals surface area contributed by atoms with Crippen molar-refractivity contribution in [1.29, 1.82) is 0 Å². The largest absolute Gasteiger partial charge is 0.289 e. The Hall–Kier alpha value is -4.48. The van der Waals surface area contributed by atoms with E-state index in [4.69, 9.17) is 0 Å². The van der Waals surface area contributed by atoms with E-state index in [1.54, 1.807) is 0 Å². The van der Waals surface area contributed by atoms with Gasteiger partial charge in [0, 0.05) is 48.6 Å². The van der Waals surface area contributed by atoms with Crippen LogP contribution in [0.3, 0.4) is 0 Å². The molecule has 0 aliphatic carbocycles. The quantitative estimate of drug-likeness (QED) is 0.312. The molecule has 4 N–H and O–H groups in total. The van der Waals surface area contributed by atoms with Crippen molar-refractivity contribution in [2.45, 2.75) is 0 Å². The van der Waals surface area contributed by atoms with E-state index in [1.807, 2.05) is 21.3 Å². The summed E-state index contributed by atoms with van der Waals surface area (Å²) in [6.45, 7) is 0. The van der Waals surface area contributed by atoms with Gasteiger partial charge in [0.15, 0.2) is 0 Å². The van der Waals surface area contributed by atoms with Crippen LogP contribution in [-0.2, 0) is 38.4 Å². The molecule has 12 heteroatoms. The second-order valence-electron chi connectivity index (χ2n) is 4.75. The van der Waals surface area contributed by atoms with Gasteiger partial charge in [0.1, 0.15) is 0 Å². The number of carbonyl (C=O) groups is 8. The van der Waals surface area contributed by atoms with Crippen molar-refractivity contribution in [1.82, 2.24) is 21.3 Å². The minimum absolute atomic E-state index is 0.329. The number of amides is 8. The highest BCUT2D eigenvalue weighted by atomic mass is 16.2. The molecule has 12 nitrogen and oxygen atoms in total. The van der Waals surface area contributed by atoms with Crippen molar-refractivity contribution in [2.24, 2.45) is 0 Å². The first-order valence-electron chi connectivity index (χ1n) is 7.28. The van der Waals surface area contributed by atoms with Gasteiger partial charge in [0.25, 0.3) is 47.3 Å². The van der Waals surface area contributed by atoms with Gasteiger partial charge < -0.3 is 0 Å². The van der Waals surface area contributed by atoms with Crippen molar-refractivity contribution in [2.75, 3.05) is 0 Å². The molecule has 144 valence electrons.